The van der Waals surface area contributed by atoms with E-state index >= 15 is 0 Å². The van der Waals surface area contributed by atoms with Gasteiger partial charge in [0.25, 0.3) is 5.91 Å². The molecular weight excluding hydrogens is 334 g/mol. The molecule has 1 amide bonds. The number of ketones is 1. The van der Waals surface area contributed by atoms with Gasteiger partial charge in [0.15, 0.2) is 11.5 Å². The molecule has 0 aliphatic heterocycles. The van der Waals surface area contributed by atoms with Gasteiger partial charge in [0.1, 0.15) is 0 Å². The zero-order valence-electron chi connectivity index (χ0n) is 14.4. The largest absolute Gasteiger partial charge is 0.324 e. The topological polar surface area (TPSA) is 119 Å². The highest BCUT2D eigenvalue weighted by Crippen LogP contribution is 2.14. The van der Waals surface area contributed by atoms with Crippen molar-refractivity contribution in [1.82, 2.24) is 15.3 Å². The van der Waals surface area contributed by atoms with Crippen molar-refractivity contribution in [2.45, 2.75) is 13.8 Å². The fourth-order valence-electron chi connectivity index (χ4n) is 2.07. The molecule has 8 nitrogen and oxygen atoms in total. The molecular formula is C18H19N5O3. The van der Waals surface area contributed by atoms with Gasteiger partial charge in [-0.1, -0.05) is 24.8 Å². The van der Waals surface area contributed by atoms with Crippen molar-refractivity contribution in [2.24, 2.45) is 5.10 Å². The molecule has 134 valence electrons. The Balaban J connectivity index is 2.16. The second kappa shape index (κ2) is 8.43. The number of nitrogens with one attached hydrogen (secondary N) is 4. The number of amides is 1. The molecule has 0 fully saturated rings. The fraction of sp³-hybridized carbons (Fsp3) is 0.111. The summed E-state index contributed by atoms with van der Waals surface area (Å²) in [4.78, 5) is 40.5. The minimum Gasteiger partial charge on any atom is -0.324 e. The Morgan fingerprint density at radius 3 is 2.58 bits per heavy atom. The molecule has 26 heavy (non-hydrogen) atoms. The molecule has 0 saturated heterocycles. The van der Waals surface area contributed by atoms with Crippen LogP contribution in [0.3, 0.4) is 0 Å². The van der Waals surface area contributed by atoms with Crippen LogP contribution < -0.4 is 16.4 Å². The number of H-pyrrole nitrogens is 2. The maximum absolute atomic E-state index is 12.2. The maximum Gasteiger partial charge on any atom is 0.323 e. The molecule has 0 atom stereocenters. The average molecular weight is 353 g/mol. The molecule has 2 aromatic rings. The lowest BCUT2D eigenvalue weighted by Crippen LogP contribution is -2.34. The standard InChI is InChI=1S/C18H19N5O3/c1-4-5-6-7-11(2)19-17(25)16(12(3)24)23-22-13-8-9-14-15(10-13)21-18(26)20-14/h4-10,22H,1H2,2-3H3,(H,19,25)(H2,20,21,26)/b6-5-,11-7+,23-16-. The second-order valence-electron chi connectivity index (χ2n) is 5.39. The number of imidazole rings is 1. The van der Waals surface area contributed by atoms with Crippen LogP contribution in [-0.2, 0) is 9.59 Å². The van der Waals surface area contributed by atoms with Crippen LogP contribution in [0.25, 0.3) is 11.0 Å². The minimum atomic E-state index is -0.623. The summed E-state index contributed by atoms with van der Waals surface area (Å²) in [5, 5.41) is 6.48. The van der Waals surface area contributed by atoms with E-state index in [1.54, 1.807) is 49.4 Å². The summed E-state index contributed by atoms with van der Waals surface area (Å²) in [5.41, 5.74) is 4.35. The molecule has 0 saturated carbocycles. The third-order valence-electron chi connectivity index (χ3n) is 3.27. The van der Waals surface area contributed by atoms with Gasteiger partial charge in [-0.05, 0) is 31.2 Å². The van der Waals surface area contributed by atoms with Gasteiger partial charge < -0.3 is 15.3 Å². The zero-order valence-corrected chi connectivity index (χ0v) is 14.4. The number of fused-ring (bicyclic) bond motifs is 1. The molecule has 1 aromatic heterocycles. The average Bonchev–Trinajstić information content (AvgIpc) is 2.94. The molecule has 0 unspecified atom stereocenters. The molecule has 4 N–H and O–H groups in total. The third kappa shape index (κ3) is 4.91. The number of carbonyl (C=O) groups is 2. The summed E-state index contributed by atoms with van der Waals surface area (Å²) in [6.45, 7) is 6.49. The summed E-state index contributed by atoms with van der Waals surface area (Å²) < 4.78 is 0. The van der Waals surface area contributed by atoms with E-state index in [4.69, 9.17) is 0 Å². The van der Waals surface area contributed by atoms with Gasteiger partial charge in [-0.25, -0.2) is 4.79 Å². The number of Topliss-reactive ketones (excluding diaryl/α,β-unsaturated/α-hetero) is 1. The number of hydrogen-bond donors (Lipinski definition) is 4. The van der Waals surface area contributed by atoms with Crippen LogP contribution in [0.15, 0.2) is 64.7 Å². The number of aromatic nitrogens is 2. The lowest BCUT2D eigenvalue weighted by atomic mass is 10.2. The van der Waals surface area contributed by atoms with Gasteiger partial charge >= 0.3 is 5.69 Å². The molecule has 0 spiro atoms. The number of nitrogens with zero attached hydrogens (tertiary/aromatic N) is 1. The van der Waals surface area contributed by atoms with E-state index in [1.165, 1.54) is 6.92 Å². The van der Waals surface area contributed by atoms with Gasteiger partial charge in [0.2, 0.25) is 0 Å². The van der Waals surface area contributed by atoms with Crippen molar-refractivity contribution in [3.05, 3.63) is 65.3 Å². The van der Waals surface area contributed by atoms with Gasteiger partial charge in [-0.3, -0.25) is 15.0 Å². The normalized spacial score (nSPS) is 12.4. The van der Waals surface area contributed by atoms with E-state index in [-0.39, 0.29) is 11.4 Å². The predicted octanol–water partition coefficient (Wildman–Crippen LogP) is 1.98. The van der Waals surface area contributed by atoms with E-state index in [0.717, 1.165) is 0 Å². The van der Waals surface area contributed by atoms with Gasteiger partial charge in [0, 0.05) is 12.6 Å². The Kier molecular flexibility index (Phi) is 6.05. The Morgan fingerprint density at radius 2 is 1.88 bits per heavy atom. The summed E-state index contributed by atoms with van der Waals surface area (Å²) in [6.07, 6.45) is 6.68. The fourth-order valence-corrected chi connectivity index (χ4v) is 2.07. The highest BCUT2D eigenvalue weighted by molar-refractivity contribution is 6.65. The van der Waals surface area contributed by atoms with E-state index in [0.29, 0.717) is 22.4 Å². The van der Waals surface area contributed by atoms with Crippen LogP contribution in [0, 0.1) is 0 Å². The Morgan fingerprint density at radius 1 is 1.15 bits per heavy atom. The zero-order chi connectivity index (χ0) is 19.1. The van der Waals surface area contributed by atoms with Crippen LogP contribution in [0.2, 0.25) is 0 Å². The van der Waals surface area contributed by atoms with E-state index in [1.807, 2.05) is 0 Å². The molecule has 0 aliphatic rings. The molecule has 8 heteroatoms. The van der Waals surface area contributed by atoms with Crippen molar-refractivity contribution in [1.29, 1.82) is 0 Å². The Hall–Kier alpha value is -3.68. The smallest absolute Gasteiger partial charge is 0.323 e. The quantitative estimate of drug-likeness (QED) is 0.263. The third-order valence-corrected chi connectivity index (χ3v) is 3.27. The van der Waals surface area contributed by atoms with Gasteiger partial charge in [-0.2, -0.15) is 5.10 Å². The van der Waals surface area contributed by atoms with Gasteiger partial charge in [0.05, 0.1) is 16.7 Å². The lowest BCUT2D eigenvalue weighted by Gasteiger charge is -2.07. The highest BCUT2D eigenvalue weighted by Gasteiger charge is 2.17. The Labute approximate surface area is 149 Å². The monoisotopic (exact) mass is 353 g/mol. The first kappa shape index (κ1) is 18.7. The number of carbonyl (C=O) groups excluding carboxylic acids is 2. The molecule has 0 radical (unpaired) electrons. The number of rotatable bonds is 7. The van der Waals surface area contributed by atoms with Crippen molar-refractivity contribution >= 4 is 34.1 Å². The molecule has 2 rings (SSSR count). The van der Waals surface area contributed by atoms with Crippen molar-refractivity contribution in [3.8, 4) is 0 Å². The van der Waals surface area contributed by atoms with E-state index in [9.17, 15) is 14.4 Å². The van der Waals surface area contributed by atoms with Gasteiger partial charge in [-0.15, -0.1) is 0 Å². The highest BCUT2D eigenvalue weighted by atomic mass is 16.2. The first-order valence-corrected chi connectivity index (χ1v) is 7.74. The lowest BCUT2D eigenvalue weighted by molar-refractivity contribution is -0.116. The number of anilines is 1. The first-order chi connectivity index (χ1) is 12.4. The van der Waals surface area contributed by atoms with Crippen molar-refractivity contribution < 1.29 is 9.59 Å². The number of hydrogen-bond acceptors (Lipinski definition) is 5. The summed E-state index contributed by atoms with van der Waals surface area (Å²) in [6, 6.07) is 4.98. The number of aromatic amines is 2. The van der Waals surface area contributed by atoms with Crippen LogP contribution in [0.5, 0.6) is 0 Å². The molecule has 0 bridgehead atoms. The maximum atomic E-state index is 12.2. The molecule has 0 aliphatic carbocycles. The van der Waals surface area contributed by atoms with Crippen LogP contribution >= 0.6 is 0 Å². The first-order valence-electron chi connectivity index (χ1n) is 7.74. The minimum absolute atomic E-state index is 0.270. The van der Waals surface area contributed by atoms with Crippen LogP contribution in [0.1, 0.15) is 13.8 Å². The Bertz CT molecular complexity index is 992. The predicted molar refractivity (Wildman–Crippen MR) is 102 cm³/mol. The summed E-state index contributed by atoms with van der Waals surface area (Å²) in [7, 11) is 0. The van der Waals surface area contributed by atoms with E-state index < -0.39 is 11.7 Å². The summed E-state index contributed by atoms with van der Waals surface area (Å²) >= 11 is 0. The SMILES string of the molecule is C=C/C=C\C=C(/C)NC(=O)/C(=N\Nc1ccc2[nH]c(=O)[nH]c2c1)C(C)=O. The number of allylic oxidation sites excluding steroid dienone is 5. The van der Waals surface area contributed by atoms with Crippen molar-refractivity contribution in [2.75, 3.05) is 5.43 Å². The number of benzene rings is 1. The van der Waals surface area contributed by atoms with Crippen LogP contribution in [0.4, 0.5) is 5.69 Å². The van der Waals surface area contributed by atoms with Crippen LogP contribution in [-0.4, -0.2) is 27.4 Å². The molecule has 1 heterocycles. The van der Waals surface area contributed by atoms with E-state index in [2.05, 4.69) is 32.4 Å². The number of hydrazone groups is 1. The second-order valence-corrected chi connectivity index (χ2v) is 5.39. The summed E-state index contributed by atoms with van der Waals surface area (Å²) in [5.74, 6) is -1.11. The molecule has 1 aromatic carbocycles. The van der Waals surface area contributed by atoms with Crippen molar-refractivity contribution in [3.63, 3.8) is 0 Å².